The first kappa shape index (κ1) is 19.2. The molecule has 2 rings (SSSR count). The molecule has 1 amide bonds. The van der Waals surface area contributed by atoms with Crippen molar-refractivity contribution in [1.29, 1.82) is 5.26 Å². The van der Waals surface area contributed by atoms with Crippen LogP contribution >= 0.6 is 11.6 Å². The third-order valence-electron chi connectivity index (χ3n) is 3.41. The van der Waals surface area contributed by atoms with Gasteiger partial charge in [0, 0.05) is 11.8 Å². The van der Waals surface area contributed by atoms with Gasteiger partial charge in [-0.05, 0) is 37.3 Å². The fraction of sp³-hybridized carbons (Fsp3) is 0.167. The normalized spacial score (nSPS) is 11.2. The number of carbonyl (C=O) groups is 2. The molecule has 0 radical (unpaired) electrons. The van der Waals surface area contributed by atoms with Gasteiger partial charge in [-0.2, -0.15) is 5.26 Å². The molecule has 26 heavy (non-hydrogen) atoms. The molecule has 0 saturated carbocycles. The number of halogens is 2. The fourth-order valence-corrected chi connectivity index (χ4v) is 2.22. The second-order valence-corrected chi connectivity index (χ2v) is 5.60. The van der Waals surface area contributed by atoms with Crippen molar-refractivity contribution >= 4 is 29.2 Å². The van der Waals surface area contributed by atoms with E-state index in [0.29, 0.717) is 5.69 Å². The Morgan fingerprint density at radius 1 is 1.27 bits per heavy atom. The van der Waals surface area contributed by atoms with Crippen molar-refractivity contribution in [2.45, 2.75) is 13.0 Å². The van der Waals surface area contributed by atoms with Gasteiger partial charge in [-0.3, -0.25) is 4.79 Å². The van der Waals surface area contributed by atoms with E-state index in [1.165, 1.54) is 44.4 Å². The van der Waals surface area contributed by atoms with Crippen LogP contribution in [-0.2, 0) is 9.53 Å². The number of esters is 1. The average molecular weight is 377 g/mol. The van der Waals surface area contributed by atoms with Crippen LogP contribution in [0.5, 0.6) is 5.75 Å². The molecule has 0 aromatic heterocycles. The number of nitrogens with zero attached hydrogens (tertiary/aromatic N) is 1. The second kappa shape index (κ2) is 8.32. The fourth-order valence-electron chi connectivity index (χ4n) is 1.99. The smallest absolute Gasteiger partial charge is 0.341 e. The highest BCUT2D eigenvalue weighted by Crippen LogP contribution is 2.21. The van der Waals surface area contributed by atoms with Crippen LogP contribution in [0.3, 0.4) is 0 Å². The molecule has 1 N–H and O–H groups in total. The maximum absolute atomic E-state index is 13.9. The Morgan fingerprint density at radius 2 is 2.00 bits per heavy atom. The van der Waals surface area contributed by atoms with E-state index in [1.807, 2.05) is 6.07 Å². The summed E-state index contributed by atoms with van der Waals surface area (Å²) < 4.78 is 23.7. The Bertz CT molecular complexity index is 895. The molecule has 0 unspecified atom stereocenters. The molecule has 0 spiro atoms. The molecule has 1 atom stereocenters. The summed E-state index contributed by atoms with van der Waals surface area (Å²) in [4.78, 5) is 24.2. The molecular weight excluding hydrogens is 363 g/mol. The molecule has 0 aliphatic rings. The Morgan fingerprint density at radius 3 is 2.58 bits per heavy atom. The maximum Gasteiger partial charge on any atom is 0.341 e. The van der Waals surface area contributed by atoms with Crippen LogP contribution in [0.2, 0.25) is 5.02 Å². The van der Waals surface area contributed by atoms with Crippen molar-refractivity contribution in [3.63, 3.8) is 0 Å². The van der Waals surface area contributed by atoms with Crippen molar-refractivity contribution in [2.24, 2.45) is 0 Å². The Balaban J connectivity index is 2.03. The van der Waals surface area contributed by atoms with E-state index in [1.54, 1.807) is 0 Å². The standard InChI is InChI=1S/C18H14ClFN2O4/c1-10(17(23)22-12-4-3-11(9-21)15(19)7-12)26-18(24)14-6-5-13(25-2)8-16(14)20/h3-8,10H,1-2H3,(H,22,23)/t10-/m0/s1. The highest BCUT2D eigenvalue weighted by Gasteiger charge is 2.21. The van der Waals surface area contributed by atoms with E-state index in [0.717, 1.165) is 6.07 Å². The van der Waals surface area contributed by atoms with Gasteiger partial charge < -0.3 is 14.8 Å². The predicted octanol–water partition coefficient (Wildman–Crippen LogP) is 3.54. The molecule has 6 nitrogen and oxygen atoms in total. The topological polar surface area (TPSA) is 88.4 Å². The summed E-state index contributed by atoms with van der Waals surface area (Å²) >= 11 is 5.89. The number of amides is 1. The molecule has 0 bridgehead atoms. The summed E-state index contributed by atoms with van der Waals surface area (Å²) in [5.74, 6) is -2.18. The zero-order chi connectivity index (χ0) is 19.3. The minimum Gasteiger partial charge on any atom is -0.497 e. The number of hydrogen-bond acceptors (Lipinski definition) is 5. The molecule has 2 aromatic rings. The van der Waals surface area contributed by atoms with Crippen molar-refractivity contribution in [1.82, 2.24) is 0 Å². The van der Waals surface area contributed by atoms with E-state index in [4.69, 9.17) is 26.3 Å². The minimum atomic E-state index is -1.18. The lowest BCUT2D eigenvalue weighted by Gasteiger charge is -2.14. The van der Waals surface area contributed by atoms with E-state index in [9.17, 15) is 14.0 Å². The van der Waals surface area contributed by atoms with Crippen LogP contribution in [0.4, 0.5) is 10.1 Å². The SMILES string of the molecule is COc1ccc(C(=O)O[C@@H](C)C(=O)Nc2ccc(C#N)c(Cl)c2)c(F)c1. The van der Waals surface area contributed by atoms with Gasteiger partial charge in [0.25, 0.3) is 5.91 Å². The number of carbonyl (C=O) groups excluding carboxylic acids is 2. The lowest BCUT2D eigenvalue weighted by Crippen LogP contribution is -2.30. The van der Waals surface area contributed by atoms with Gasteiger partial charge >= 0.3 is 5.97 Å². The van der Waals surface area contributed by atoms with Crippen molar-refractivity contribution in [3.8, 4) is 11.8 Å². The van der Waals surface area contributed by atoms with Gasteiger partial charge in [-0.15, -0.1) is 0 Å². The summed E-state index contributed by atoms with van der Waals surface area (Å²) in [6.07, 6.45) is -1.18. The first-order chi connectivity index (χ1) is 12.3. The number of anilines is 1. The molecule has 0 heterocycles. The molecule has 2 aromatic carbocycles. The van der Waals surface area contributed by atoms with Gasteiger partial charge in [0.15, 0.2) is 6.10 Å². The highest BCUT2D eigenvalue weighted by molar-refractivity contribution is 6.32. The van der Waals surface area contributed by atoms with Gasteiger partial charge in [0.2, 0.25) is 0 Å². The number of ether oxygens (including phenoxy) is 2. The number of benzene rings is 2. The third-order valence-corrected chi connectivity index (χ3v) is 3.72. The molecule has 0 fully saturated rings. The second-order valence-electron chi connectivity index (χ2n) is 5.19. The van der Waals surface area contributed by atoms with Crippen molar-refractivity contribution in [2.75, 3.05) is 12.4 Å². The lowest BCUT2D eigenvalue weighted by molar-refractivity contribution is -0.123. The molecule has 0 aliphatic heterocycles. The summed E-state index contributed by atoms with van der Waals surface area (Å²) in [6, 6.07) is 9.89. The highest BCUT2D eigenvalue weighted by atomic mass is 35.5. The monoisotopic (exact) mass is 376 g/mol. The summed E-state index contributed by atoms with van der Waals surface area (Å²) in [5, 5.41) is 11.5. The van der Waals surface area contributed by atoms with Crippen LogP contribution in [-0.4, -0.2) is 25.1 Å². The number of methoxy groups -OCH3 is 1. The Labute approximate surface area is 154 Å². The summed E-state index contributed by atoms with van der Waals surface area (Å²) in [6.45, 7) is 1.35. The first-order valence-electron chi connectivity index (χ1n) is 7.40. The van der Waals surface area contributed by atoms with E-state index < -0.39 is 23.8 Å². The van der Waals surface area contributed by atoms with Crippen LogP contribution in [0, 0.1) is 17.1 Å². The van der Waals surface area contributed by atoms with Crippen molar-refractivity contribution in [3.05, 3.63) is 58.4 Å². The van der Waals surface area contributed by atoms with Gasteiger partial charge in [0.05, 0.1) is 23.3 Å². The number of rotatable bonds is 5. The van der Waals surface area contributed by atoms with Crippen LogP contribution < -0.4 is 10.1 Å². The Hall–Kier alpha value is -3.11. The van der Waals surface area contributed by atoms with Gasteiger partial charge in [-0.1, -0.05) is 11.6 Å². The summed E-state index contributed by atoms with van der Waals surface area (Å²) in [5.41, 5.74) is 0.281. The lowest BCUT2D eigenvalue weighted by atomic mass is 10.2. The third kappa shape index (κ3) is 4.49. The van der Waals surface area contributed by atoms with Crippen LogP contribution in [0.25, 0.3) is 0 Å². The van der Waals surface area contributed by atoms with Gasteiger partial charge in [0.1, 0.15) is 17.6 Å². The zero-order valence-corrected chi connectivity index (χ0v) is 14.6. The maximum atomic E-state index is 13.9. The van der Waals surface area contributed by atoms with E-state index >= 15 is 0 Å². The number of nitriles is 1. The summed E-state index contributed by atoms with van der Waals surface area (Å²) in [7, 11) is 1.37. The molecular formula is C18H14ClFN2O4. The van der Waals surface area contributed by atoms with E-state index in [-0.39, 0.29) is 21.9 Å². The molecule has 8 heteroatoms. The van der Waals surface area contributed by atoms with Crippen molar-refractivity contribution < 1.29 is 23.5 Å². The van der Waals surface area contributed by atoms with Crippen LogP contribution in [0.15, 0.2) is 36.4 Å². The van der Waals surface area contributed by atoms with E-state index in [2.05, 4.69) is 5.32 Å². The zero-order valence-electron chi connectivity index (χ0n) is 13.9. The quantitative estimate of drug-likeness (QED) is 0.806. The van der Waals surface area contributed by atoms with Crippen LogP contribution in [0.1, 0.15) is 22.8 Å². The average Bonchev–Trinajstić information content (AvgIpc) is 2.61. The number of nitrogens with one attached hydrogen (secondary N) is 1. The molecule has 0 aliphatic carbocycles. The molecule has 0 saturated heterocycles. The minimum absolute atomic E-state index is 0.176. The molecule has 134 valence electrons. The Kier molecular flexibility index (Phi) is 6.15. The van der Waals surface area contributed by atoms with Gasteiger partial charge in [-0.25, -0.2) is 9.18 Å². The largest absolute Gasteiger partial charge is 0.497 e. The number of hydrogen-bond donors (Lipinski definition) is 1. The first-order valence-corrected chi connectivity index (χ1v) is 7.78. The predicted molar refractivity (Wildman–Crippen MR) is 92.6 cm³/mol.